The van der Waals surface area contributed by atoms with Gasteiger partial charge in [0.05, 0.1) is 13.2 Å². The van der Waals surface area contributed by atoms with Crippen LogP contribution in [0.5, 0.6) is 0 Å². The Bertz CT molecular complexity index is 549. The van der Waals surface area contributed by atoms with Gasteiger partial charge in [0.25, 0.3) is 0 Å². The first-order valence-electron chi connectivity index (χ1n) is 7.35. The Hall–Kier alpha value is -1.95. The van der Waals surface area contributed by atoms with Gasteiger partial charge < -0.3 is 14.7 Å². The highest BCUT2D eigenvalue weighted by Gasteiger charge is 2.30. The Morgan fingerprint density at radius 3 is 2.86 bits per heavy atom. The van der Waals surface area contributed by atoms with Gasteiger partial charge in [-0.25, -0.2) is 9.18 Å². The third kappa shape index (κ3) is 4.04. The summed E-state index contributed by atoms with van der Waals surface area (Å²) in [6, 6.07) is 6.51. The van der Waals surface area contributed by atoms with Crippen LogP contribution in [0.4, 0.5) is 4.39 Å². The number of ether oxygens (including phenoxy) is 1. The predicted octanol–water partition coefficient (Wildman–Crippen LogP) is 1.71. The Kier molecular flexibility index (Phi) is 5.49. The summed E-state index contributed by atoms with van der Waals surface area (Å²) in [5, 5.41) is 8.95. The van der Waals surface area contributed by atoms with Gasteiger partial charge in [0.15, 0.2) is 6.10 Å². The molecule has 0 radical (unpaired) electrons. The minimum Gasteiger partial charge on any atom is -0.479 e. The highest BCUT2D eigenvalue weighted by atomic mass is 19.1. The van der Waals surface area contributed by atoms with E-state index in [1.807, 2.05) is 0 Å². The summed E-state index contributed by atoms with van der Waals surface area (Å²) in [7, 11) is 0. The van der Waals surface area contributed by atoms with Crippen LogP contribution in [0.15, 0.2) is 24.3 Å². The zero-order valence-electron chi connectivity index (χ0n) is 12.5. The second-order valence-corrected chi connectivity index (χ2v) is 5.51. The number of carbonyl (C=O) groups excluding carboxylic acids is 1. The summed E-state index contributed by atoms with van der Waals surface area (Å²) in [4.78, 5) is 24.8. The van der Waals surface area contributed by atoms with Crippen LogP contribution in [0.1, 0.15) is 18.9 Å². The van der Waals surface area contributed by atoms with E-state index in [0.29, 0.717) is 24.9 Å². The molecule has 0 unspecified atom stereocenters. The van der Waals surface area contributed by atoms with E-state index < -0.39 is 12.1 Å². The van der Waals surface area contributed by atoms with Crippen molar-refractivity contribution in [1.82, 2.24) is 4.90 Å². The molecule has 0 aliphatic carbocycles. The summed E-state index contributed by atoms with van der Waals surface area (Å²) >= 11 is 0. The van der Waals surface area contributed by atoms with Gasteiger partial charge in [-0.05, 0) is 24.5 Å². The third-order valence-electron chi connectivity index (χ3n) is 3.88. The number of hydrogen-bond acceptors (Lipinski definition) is 3. The number of carboxylic acids is 1. The van der Waals surface area contributed by atoms with Crippen molar-refractivity contribution in [2.24, 2.45) is 5.92 Å². The molecule has 1 amide bonds. The number of benzene rings is 1. The first kappa shape index (κ1) is 16.4. The van der Waals surface area contributed by atoms with E-state index in [1.54, 1.807) is 25.1 Å². The number of amides is 1. The predicted molar refractivity (Wildman–Crippen MR) is 77.8 cm³/mol. The average molecular weight is 309 g/mol. The molecule has 6 heteroatoms. The summed E-state index contributed by atoms with van der Waals surface area (Å²) in [5.74, 6) is -1.71. The van der Waals surface area contributed by atoms with Crippen LogP contribution in [0.3, 0.4) is 0 Å². The van der Waals surface area contributed by atoms with Crippen molar-refractivity contribution >= 4 is 11.9 Å². The van der Waals surface area contributed by atoms with Gasteiger partial charge in [0, 0.05) is 12.5 Å². The number of aryl methyl sites for hydroxylation is 1. The van der Waals surface area contributed by atoms with Crippen molar-refractivity contribution in [1.29, 1.82) is 0 Å². The first-order valence-corrected chi connectivity index (χ1v) is 7.35. The minimum atomic E-state index is -1.06. The van der Waals surface area contributed by atoms with E-state index in [2.05, 4.69) is 0 Å². The molecule has 2 rings (SSSR count). The number of carbonyl (C=O) groups is 2. The molecule has 22 heavy (non-hydrogen) atoms. The molecule has 1 fully saturated rings. The van der Waals surface area contributed by atoms with Crippen molar-refractivity contribution in [3.8, 4) is 0 Å². The van der Waals surface area contributed by atoms with E-state index in [0.717, 1.165) is 0 Å². The van der Waals surface area contributed by atoms with Crippen molar-refractivity contribution in [3.63, 3.8) is 0 Å². The lowest BCUT2D eigenvalue weighted by Crippen LogP contribution is -2.50. The van der Waals surface area contributed by atoms with Gasteiger partial charge in [-0.2, -0.15) is 0 Å². The number of morpholine rings is 1. The van der Waals surface area contributed by atoms with Gasteiger partial charge in [-0.15, -0.1) is 0 Å². The highest BCUT2D eigenvalue weighted by molar-refractivity contribution is 5.80. The number of carboxylic acid groups (broad SMARTS) is 1. The van der Waals surface area contributed by atoms with Crippen molar-refractivity contribution in [2.75, 3.05) is 19.7 Å². The highest BCUT2D eigenvalue weighted by Crippen LogP contribution is 2.16. The van der Waals surface area contributed by atoms with Crippen LogP contribution < -0.4 is 0 Å². The number of aliphatic carboxylic acids is 1. The van der Waals surface area contributed by atoms with Crippen LogP contribution in [0.2, 0.25) is 0 Å². The van der Waals surface area contributed by atoms with Crippen LogP contribution >= 0.6 is 0 Å². The molecule has 5 nitrogen and oxygen atoms in total. The molecule has 120 valence electrons. The number of halogens is 1. The fourth-order valence-electron chi connectivity index (χ4n) is 2.51. The fraction of sp³-hybridized carbons (Fsp3) is 0.500. The molecular formula is C16H20FNO4. The van der Waals surface area contributed by atoms with E-state index in [9.17, 15) is 14.0 Å². The Morgan fingerprint density at radius 2 is 2.18 bits per heavy atom. The van der Waals surface area contributed by atoms with E-state index in [-0.39, 0.29) is 30.8 Å². The lowest BCUT2D eigenvalue weighted by Gasteiger charge is -2.32. The van der Waals surface area contributed by atoms with Crippen LogP contribution in [-0.2, 0) is 20.7 Å². The summed E-state index contributed by atoms with van der Waals surface area (Å²) in [6.07, 6.45) is 0.0395. The maximum Gasteiger partial charge on any atom is 0.334 e. The quantitative estimate of drug-likeness (QED) is 0.899. The monoisotopic (exact) mass is 309 g/mol. The van der Waals surface area contributed by atoms with Gasteiger partial charge in [-0.3, -0.25) is 4.79 Å². The lowest BCUT2D eigenvalue weighted by molar-refractivity contribution is -0.160. The molecule has 1 aromatic carbocycles. The molecule has 1 aliphatic rings. The molecule has 0 bridgehead atoms. The Labute approximate surface area is 128 Å². The average Bonchev–Trinajstić information content (AvgIpc) is 2.53. The second kappa shape index (κ2) is 7.35. The molecule has 0 aromatic heterocycles. The second-order valence-electron chi connectivity index (χ2n) is 5.51. The minimum absolute atomic E-state index is 0.0677. The maximum absolute atomic E-state index is 13.6. The molecule has 1 aliphatic heterocycles. The standard InChI is InChI=1S/C16H20FNO4/c1-11(6-7-12-4-2-3-5-13(12)17)15(19)18-8-9-22-14(10-18)16(20)21/h2-5,11,14H,6-10H2,1H3,(H,20,21)/t11-,14+/m1/s1. The topological polar surface area (TPSA) is 66.8 Å². The first-order chi connectivity index (χ1) is 10.5. The summed E-state index contributed by atoms with van der Waals surface area (Å²) in [5.41, 5.74) is 0.590. The summed E-state index contributed by atoms with van der Waals surface area (Å²) in [6.45, 7) is 2.47. The molecule has 1 saturated heterocycles. The number of nitrogens with zero attached hydrogens (tertiary/aromatic N) is 1. The Balaban J connectivity index is 1.89. The molecule has 2 atom stereocenters. The van der Waals surface area contributed by atoms with Crippen LogP contribution in [-0.4, -0.2) is 47.7 Å². The van der Waals surface area contributed by atoms with Crippen molar-refractivity contribution in [3.05, 3.63) is 35.6 Å². The van der Waals surface area contributed by atoms with Gasteiger partial charge in [0.1, 0.15) is 5.82 Å². The lowest BCUT2D eigenvalue weighted by atomic mass is 9.99. The number of hydrogen-bond donors (Lipinski definition) is 1. The normalized spacial score (nSPS) is 19.7. The molecule has 1 N–H and O–H groups in total. The zero-order chi connectivity index (χ0) is 16.1. The smallest absolute Gasteiger partial charge is 0.334 e. The fourth-order valence-corrected chi connectivity index (χ4v) is 2.51. The van der Waals surface area contributed by atoms with Crippen molar-refractivity contribution in [2.45, 2.75) is 25.9 Å². The molecule has 0 spiro atoms. The molecular weight excluding hydrogens is 289 g/mol. The van der Waals surface area contributed by atoms with Gasteiger partial charge in [0.2, 0.25) is 5.91 Å². The molecule has 1 aromatic rings. The zero-order valence-corrected chi connectivity index (χ0v) is 12.5. The van der Waals surface area contributed by atoms with Gasteiger partial charge >= 0.3 is 5.97 Å². The SMILES string of the molecule is C[C@H](CCc1ccccc1F)C(=O)N1CCO[C@H](C(=O)O)C1. The number of rotatable bonds is 5. The molecule has 1 heterocycles. The summed E-state index contributed by atoms with van der Waals surface area (Å²) < 4.78 is 18.7. The van der Waals surface area contributed by atoms with Crippen molar-refractivity contribution < 1.29 is 23.8 Å². The molecule has 0 saturated carbocycles. The Morgan fingerprint density at radius 1 is 1.45 bits per heavy atom. The van der Waals surface area contributed by atoms with Gasteiger partial charge in [-0.1, -0.05) is 25.1 Å². The maximum atomic E-state index is 13.6. The van der Waals surface area contributed by atoms with E-state index in [4.69, 9.17) is 9.84 Å². The third-order valence-corrected chi connectivity index (χ3v) is 3.88. The largest absolute Gasteiger partial charge is 0.479 e. The van der Waals surface area contributed by atoms with E-state index >= 15 is 0 Å². The van der Waals surface area contributed by atoms with Crippen LogP contribution in [0.25, 0.3) is 0 Å². The van der Waals surface area contributed by atoms with Crippen LogP contribution in [0, 0.1) is 11.7 Å². The van der Waals surface area contributed by atoms with E-state index in [1.165, 1.54) is 11.0 Å².